The number of amides is 1. The predicted octanol–water partition coefficient (Wildman–Crippen LogP) is 2.62. The third-order valence-corrected chi connectivity index (χ3v) is 2.93. The summed E-state index contributed by atoms with van der Waals surface area (Å²) in [6, 6.07) is 5.14. The molecule has 1 aromatic carbocycles. The van der Waals surface area contributed by atoms with E-state index in [1.54, 1.807) is 0 Å². The van der Waals surface area contributed by atoms with Crippen molar-refractivity contribution in [1.29, 1.82) is 0 Å². The van der Waals surface area contributed by atoms with E-state index < -0.39 is 6.36 Å². The Morgan fingerprint density at radius 2 is 1.86 bits per heavy atom. The average molecular weight is 318 g/mol. The maximum atomic E-state index is 12.0. The number of rotatable bonds is 7. The molecule has 0 aliphatic rings. The van der Waals surface area contributed by atoms with Gasteiger partial charge in [-0.3, -0.25) is 4.79 Å². The molecule has 1 amide bonds. The topological polar surface area (TPSA) is 64.3 Å². The highest BCUT2D eigenvalue weighted by Gasteiger charge is 2.30. The minimum Gasteiger partial charge on any atom is -0.406 e. The van der Waals surface area contributed by atoms with Crippen LogP contribution < -0.4 is 15.8 Å². The van der Waals surface area contributed by atoms with Crippen molar-refractivity contribution >= 4 is 5.91 Å². The molecule has 0 bridgehead atoms. The van der Waals surface area contributed by atoms with Crippen LogP contribution in [0.1, 0.15) is 25.8 Å². The molecule has 0 fully saturated rings. The number of halogens is 3. The van der Waals surface area contributed by atoms with Crippen molar-refractivity contribution in [2.24, 2.45) is 11.7 Å². The average Bonchev–Trinajstić information content (AvgIpc) is 2.38. The van der Waals surface area contributed by atoms with Crippen LogP contribution in [-0.2, 0) is 11.2 Å². The predicted molar refractivity (Wildman–Crippen MR) is 77.3 cm³/mol. The summed E-state index contributed by atoms with van der Waals surface area (Å²) < 4.78 is 39.9. The van der Waals surface area contributed by atoms with Gasteiger partial charge >= 0.3 is 6.36 Å². The summed E-state index contributed by atoms with van der Waals surface area (Å²) in [6.07, 6.45) is -3.86. The van der Waals surface area contributed by atoms with E-state index in [2.05, 4.69) is 10.1 Å². The summed E-state index contributed by atoms with van der Waals surface area (Å²) in [6.45, 7) is 4.42. The van der Waals surface area contributed by atoms with E-state index in [0.29, 0.717) is 18.0 Å². The Labute approximate surface area is 127 Å². The van der Waals surface area contributed by atoms with Crippen molar-refractivity contribution in [2.45, 2.75) is 39.1 Å². The number of nitrogens with two attached hydrogens (primary N) is 1. The number of benzene rings is 1. The summed E-state index contributed by atoms with van der Waals surface area (Å²) in [4.78, 5) is 11.9. The molecule has 0 saturated carbocycles. The van der Waals surface area contributed by atoms with Gasteiger partial charge in [-0.2, -0.15) is 0 Å². The van der Waals surface area contributed by atoms with E-state index in [-0.39, 0.29) is 24.1 Å². The lowest BCUT2D eigenvalue weighted by Gasteiger charge is -2.18. The minimum absolute atomic E-state index is 0.0842. The molecule has 0 aliphatic heterocycles. The van der Waals surface area contributed by atoms with Crippen molar-refractivity contribution in [3.63, 3.8) is 0 Å². The van der Waals surface area contributed by atoms with Gasteiger partial charge in [0.2, 0.25) is 5.91 Å². The van der Waals surface area contributed by atoms with Gasteiger partial charge in [-0.15, -0.1) is 13.2 Å². The fraction of sp³-hybridized carbons (Fsp3) is 0.533. The van der Waals surface area contributed by atoms with Crippen LogP contribution in [0.25, 0.3) is 0 Å². The molecule has 124 valence electrons. The van der Waals surface area contributed by atoms with Gasteiger partial charge in [0.25, 0.3) is 0 Å². The molecule has 1 aromatic rings. The van der Waals surface area contributed by atoms with Gasteiger partial charge in [-0.25, -0.2) is 0 Å². The van der Waals surface area contributed by atoms with Gasteiger partial charge in [-0.1, -0.05) is 26.0 Å². The van der Waals surface area contributed by atoms with E-state index in [9.17, 15) is 18.0 Å². The molecule has 1 atom stereocenters. The molecule has 0 radical (unpaired) electrons. The zero-order chi connectivity index (χ0) is 16.8. The van der Waals surface area contributed by atoms with Crippen LogP contribution in [0.5, 0.6) is 5.75 Å². The van der Waals surface area contributed by atoms with Crippen LogP contribution in [0.4, 0.5) is 13.2 Å². The fourth-order valence-corrected chi connectivity index (χ4v) is 2.06. The number of ether oxygens (including phenoxy) is 1. The van der Waals surface area contributed by atoms with Crippen molar-refractivity contribution in [2.75, 3.05) is 6.54 Å². The van der Waals surface area contributed by atoms with Gasteiger partial charge in [0.05, 0.1) is 6.42 Å². The molecule has 3 N–H and O–H groups in total. The summed E-state index contributed by atoms with van der Waals surface area (Å²) in [5.41, 5.74) is 6.21. The highest BCUT2D eigenvalue weighted by molar-refractivity contribution is 5.78. The van der Waals surface area contributed by atoms with Gasteiger partial charge in [0.15, 0.2) is 0 Å². The number of hydrogen-bond donors (Lipinski definition) is 2. The Kier molecular flexibility index (Phi) is 6.67. The number of nitrogens with one attached hydrogen (secondary N) is 1. The number of carbonyl (C=O) groups is 1. The zero-order valence-corrected chi connectivity index (χ0v) is 12.6. The maximum absolute atomic E-state index is 12.0. The Balaban J connectivity index is 2.54. The van der Waals surface area contributed by atoms with E-state index >= 15 is 0 Å². The van der Waals surface area contributed by atoms with Crippen LogP contribution in [0.3, 0.4) is 0 Å². The third-order valence-electron chi connectivity index (χ3n) is 2.93. The first-order valence-electron chi connectivity index (χ1n) is 7.03. The third kappa shape index (κ3) is 7.31. The highest BCUT2D eigenvalue weighted by atomic mass is 19.4. The largest absolute Gasteiger partial charge is 0.573 e. The molecule has 4 nitrogen and oxygen atoms in total. The van der Waals surface area contributed by atoms with E-state index in [1.165, 1.54) is 24.3 Å². The maximum Gasteiger partial charge on any atom is 0.573 e. The second-order valence-electron chi connectivity index (χ2n) is 5.50. The number of alkyl halides is 3. The molecule has 22 heavy (non-hydrogen) atoms. The summed E-state index contributed by atoms with van der Waals surface area (Å²) in [5, 5.41) is 2.82. The van der Waals surface area contributed by atoms with Crippen molar-refractivity contribution in [3.8, 4) is 5.75 Å². The van der Waals surface area contributed by atoms with E-state index in [1.807, 2.05) is 13.8 Å². The lowest BCUT2D eigenvalue weighted by Crippen LogP contribution is -2.41. The monoisotopic (exact) mass is 318 g/mol. The fourth-order valence-electron chi connectivity index (χ4n) is 2.06. The molecule has 7 heteroatoms. The molecular formula is C15H21F3N2O2. The van der Waals surface area contributed by atoms with E-state index in [0.717, 1.165) is 6.42 Å². The van der Waals surface area contributed by atoms with Crippen molar-refractivity contribution in [3.05, 3.63) is 29.8 Å². The zero-order valence-electron chi connectivity index (χ0n) is 12.6. The molecule has 0 spiro atoms. The Morgan fingerprint density at radius 1 is 1.27 bits per heavy atom. The van der Waals surface area contributed by atoms with Gasteiger partial charge < -0.3 is 15.8 Å². The van der Waals surface area contributed by atoms with E-state index in [4.69, 9.17) is 5.73 Å². The molecule has 0 aliphatic carbocycles. The Bertz CT molecular complexity index is 473. The molecular weight excluding hydrogens is 297 g/mol. The van der Waals surface area contributed by atoms with Crippen molar-refractivity contribution in [1.82, 2.24) is 5.32 Å². The highest BCUT2D eigenvalue weighted by Crippen LogP contribution is 2.22. The Hall–Kier alpha value is -1.76. The second kappa shape index (κ2) is 8.03. The smallest absolute Gasteiger partial charge is 0.406 e. The molecule has 1 unspecified atom stereocenters. The van der Waals surface area contributed by atoms with Crippen LogP contribution in [0, 0.1) is 5.92 Å². The first-order chi connectivity index (χ1) is 10.2. The lowest BCUT2D eigenvalue weighted by molar-refractivity contribution is -0.274. The first kappa shape index (κ1) is 18.3. The first-order valence-corrected chi connectivity index (χ1v) is 7.03. The van der Waals surface area contributed by atoms with Gasteiger partial charge in [0.1, 0.15) is 5.75 Å². The van der Waals surface area contributed by atoms with Crippen LogP contribution in [0.15, 0.2) is 24.3 Å². The minimum atomic E-state index is -4.72. The second-order valence-corrected chi connectivity index (χ2v) is 5.50. The molecule has 0 aromatic heterocycles. The van der Waals surface area contributed by atoms with Crippen LogP contribution in [-0.4, -0.2) is 24.9 Å². The van der Waals surface area contributed by atoms with Gasteiger partial charge in [0, 0.05) is 12.6 Å². The summed E-state index contributed by atoms with van der Waals surface area (Å²) in [5.74, 6) is -0.107. The molecule has 1 rings (SSSR count). The standard InChI is InChI=1S/C15H21F3N2O2/c1-10(2)7-12(9-19)20-14(21)8-11-3-5-13(6-4-11)22-15(16,17)18/h3-6,10,12H,7-9,19H2,1-2H3,(H,20,21). The SMILES string of the molecule is CC(C)CC(CN)NC(=O)Cc1ccc(OC(F)(F)F)cc1. The molecule has 0 saturated heterocycles. The lowest BCUT2D eigenvalue weighted by atomic mass is 10.0. The normalized spacial score (nSPS) is 13.0. The summed E-state index contributed by atoms with van der Waals surface area (Å²) in [7, 11) is 0. The Morgan fingerprint density at radius 3 is 2.32 bits per heavy atom. The van der Waals surface area contributed by atoms with Crippen LogP contribution in [0.2, 0.25) is 0 Å². The van der Waals surface area contributed by atoms with Crippen LogP contribution >= 0.6 is 0 Å². The van der Waals surface area contributed by atoms with Crippen molar-refractivity contribution < 1.29 is 22.7 Å². The number of carbonyl (C=O) groups excluding carboxylic acids is 1. The number of hydrogen-bond acceptors (Lipinski definition) is 3. The molecule has 0 heterocycles. The quantitative estimate of drug-likeness (QED) is 0.812. The summed E-state index contributed by atoms with van der Waals surface area (Å²) >= 11 is 0. The van der Waals surface area contributed by atoms with Gasteiger partial charge in [-0.05, 0) is 30.0 Å².